The summed E-state index contributed by atoms with van der Waals surface area (Å²) >= 11 is 1.68. The molecule has 0 saturated heterocycles. The summed E-state index contributed by atoms with van der Waals surface area (Å²) in [5.74, 6) is 0.604. The maximum absolute atomic E-state index is 13.6. The average Bonchev–Trinajstić information content (AvgIpc) is 3.38. The zero-order chi connectivity index (χ0) is 23.7. The molecule has 6 heteroatoms. The highest BCUT2D eigenvalue weighted by Gasteiger charge is 2.41. The van der Waals surface area contributed by atoms with Crippen molar-refractivity contribution in [1.29, 1.82) is 0 Å². The largest absolute Gasteiger partial charge is 0.466 e. The number of carbonyl (C=O) groups is 2. The summed E-state index contributed by atoms with van der Waals surface area (Å²) in [5.41, 5.74) is 3.53. The molecule has 5 nitrogen and oxygen atoms in total. The minimum absolute atomic E-state index is 0.0560. The van der Waals surface area contributed by atoms with E-state index in [1.165, 1.54) is 12.0 Å². The summed E-state index contributed by atoms with van der Waals surface area (Å²) in [6.45, 7) is 1.87. The quantitative estimate of drug-likeness (QED) is 0.457. The second-order valence-electron chi connectivity index (χ2n) is 8.51. The summed E-state index contributed by atoms with van der Waals surface area (Å²) in [5, 5.41) is 5.41. The van der Waals surface area contributed by atoms with Gasteiger partial charge in [0.25, 0.3) is 0 Å². The maximum Gasteiger partial charge on any atom is 0.336 e. The molecule has 1 aliphatic carbocycles. The molecule has 1 aliphatic heterocycles. The van der Waals surface area contributed by atoms with Crippen molar-refractivity contribution in [2.24, 2.45) is 0 Å². The number of benzene rings is 2. The summed E-state index contributed by atoms with van der Waals surface area (Å²) in [6.07, 6.45) is 1.15. The smallest absolute Gasteiger partial charge is 0.336 e. The van der Waals surface area contributed by atoms with E-state index < -0.39 is 11.9 Å². The number of ketones is 1. The Morgan fingerprint density at radius 1 is 1.00 bits per heavy atom. The standard InChI is InChI=1S/C28H25NO4S/c1-17-25(28(31)32-2)26(18-8-6-11-21(14-18)33-20-9-4-3-5-10-20)27-22(29-17)15-19(16-23(27)30)24-12-7-13-34-24/h3-14,19,26,29H,15-16H2,1-2H3. The fourth-order valence-electron chi connectivity index (χ4n) is 4.86. The number of hydrogen-bond acceptors (Lipinski definition) is 6. The molecule has 2 aromatic carbocycles. The van der Waals surface area contributed by atoms with E-state index in [2.05, 4.69) is 11.4 Å². The molecule has 34 heavy (non-hydrogen) atoms. The van der Waals surface area contributed by atoms with E-state index in [1.54, 1.807) is 11.3 Å². The first-order valence-electron chi connectivity index (χ1n) is 11.2. The molecular formula is C28H25NO4S. The molecule has 0 radical (unpaired) electrons. The van der Waals surface area contributed by atoms with Crippen LogP contribution in [0.3, 0.4) is 0 Å². The number of hydrogen-bond donors (Lipinski definition) is 1. The van der Waals surface area contributed by atoms with Crippen molar-refractivity contribution in [3.8, 4) is 11.5 Å². The van der Waals surface area contributed by atoms with E-state index in [9.17, 15) is 9.59 Å². The Morgan fingerprint density at radius 3 is 2.53 bits per heavy atom. The highest BCUT2D eigenvalue weighted by atomic mass is 32.1. The van der Waals surface area contributed by atoms with Crippen molar-refractivity contribution in [1.82, 2.24) is 5.32 Å². The van der Waals surface area contributed by atoms with Gasteiger partial charge in [-0.2, -0.15) is 0 Å². The number of allylic oxidation sites excluding steroid dienone is 3. The molecule has 0 fully saturated rings. The number of Topliss-reactive ketones (excluding diaryl/α,β-unsaturated/α-hetero) is 1. The van der Waals surface area contributed by atoms with Crippen LogP contribution in [0.2, 0.25) is 0 Å². The van der Waals surface area contributed by atoms with Crippen molar-refractivity contribution < 1.29 is 19.1 Å². The maximum atomic E-state index is 13.6. The van der Waals surface area contributed by atoms with Gasteiger partial charge in [-0.05, 0) is 54.6 Å². The van der Waals surface area contributed by atoms with Crippen LogP contribution in [0.15, 0.2) is 94.7 Å². The highest BCUT2D eigenvalue weighted by Crippen LogP contribution is 2.46. The number of rotatable bonds is 5. The van der Waals surface area contributed by atoms with Crippen molar-refractivity contribution >= 4 is 23.1 Å². The van der Waals surface area contributed by atoms with Crippen LogP contribution in [0, 0.1) is 0 Å². The lowest BCUT2D eigenvalue weighted by atomic mass is 9.72. The van der Waals surface area contributed by atoms with Crippen LogP contribution in [0.4, 0.5) is 0 Å². The first-order chi connectivity index (χ1) is 16.5. The third kappa shape index (κ3) is 4.17. The van der Waals surface area contributed by atoms with Crippen molar-refractivity contribution in [2.75, 3.05) is 7.11 Å². The fraction of sp³-hybridized carbons (Fsp3) is 0.214. The van der Waals surface area contributed by atoms with E-state index in [0.717, 1.165) is 23.4 Å². The van der Waals surface area contributed by atoms with Gasteiger partial charge in [-0.25, -0.2) is 4.79 Å². The molecule has 0 bridgehead atoms. The lowest BCUT2D eigenvalue weighted by Gasteiger charge is -2.36. The summed E-state index contributed by atoms with van der Waals surface area (Å²) in [7, 11) is 1.37. The summed E-state index contributed by atoms with van der Waals surface area (Å²) in [4.78, 5) is 27.6. The SMILES string of the molecule is COC(=O)C1=C(C)NC2=C(C(=O)CC(c3cccs3)C2)C1c1cccc(Oc2ccccc2)c1. The van der Waals surface area contributed by atoms with Gasteiger partial charge in [0.05, 0.1) is 12.7 Å². The molecule has 1 N–H and O–H groups in total. The third-order valence-corrected chi connectivity index (χ3v) is 7.38. The molecular weight excluding hydrogens is 446 g/mol. The van der Waals surface area contributed by atoms with Crippen molar-refractivity contribution in [3.05, 3.63) is 105 Å². The summed E-state index contributed by atoms with van der Waals surface area (Å²) in [6, 6.07) is 21.2. The lowest BCUT2D eigenvalue weighted by molar-refractivity contribution is -0.136. The van der Waals surface area contributed by atoms with Crippen LogP contribution < -0.4 is 10.1 Å². The van der Waals surface area contributed by atoms with E-state index >= 15 is 0 Å². The molecule has 3 aromatic rings. The van der Waals surface area contributed by atoms with Crippen molar-refractivity contribution in [3.63, 3.8) is 0 Å². The van der Waals surface area contributed by atoms with Gasteiger partial charge < -0.3 is 14.8 Å². The molecule has 0 amide bonds. The topological polar surface area (TPSA) is 64.6 Å². The number of nitrogens with one attached hydrogen (secondary N) is 1. The average molecular weight is 472 g/mol. The Balaban J connectivity index is 1.57. The third-order valence-electron chi connectivity index (χ3n) is 6.35. The number of methoxy groups -OCH3 is 1. The minimum atomic E-state index is -0.514. The van der Waals surface area contributed by atoms with E-state index in [-0.39, 0.29) is 11.7 Å². The molecule has 172 valence electrons. The number of carbonyl (C=O) groups excluding carboxylic acids is 2. The highest BCUT2D eigenvalue weighted by molar-refractivity contribution is 7.10. The Kier molecular flexibility index (Phi) is 6.07. The van der Waals surface area contributed by atoms with Gasteiger partial charge in [-0.1, -0.05) is 36.4 Å². The molecule has 2 aliphatic rings. The van der Waals surface area contributed by atoms with Gasteiger partial charge in [-0.15, -0.1) is 11.3 Å². The number of esters is 1. The van der Waals surface area contributed by atoms with Gasteiger partial charge >= 0.3 is 5.97 Å². The van der Waals surface area contributed by atoms with Crippen LogP contribution >= 0.6 is 11.3 Å². The van der Waals surface area contributed by atoms with Gasteiger partial charge in [0, 0.05) is 40.1 Å². The number of dihydropyridines is 1. The first-order valence-corrected chi connectivity index (χ1v) is 12.1. The van der Waals surface area contributed by atoms with Crippen LogP contribution in [0.5, 0.6) is 11.5 Å². The van der Waals surface area contributed by atoms with Crippen LogP contribution in [-0.2, 0) is 14.3 Å². The molecule has 2 unspecified atom stereocenters. The first kappa shape index (κ1) is 22.2. The fourth-order valence-corrected chi connectivity index (χ4v) is 5.69. The molecule has 5 rings (SSSR count). The second kappa shape index (κ2) is 9.31. The lowest BCUT2D eigenvalue weighted by Crippen LogP contribution is -2.35. The van der Waals surface area contributed by atoms with Gasteiger partial charge in [0.15, 0.2) is 5.78 Å². The van der Waals surface area contributed by atoms with Crippen LogP contribution in [0.25, 0.3) is 0 Å². The summed E-state index contributed by atoms with van der Waals surface area (Å²) < 4.78 is 11.2. The normalized spacial score (nSPS) is 20.0. The van der Waals surface area contributed by atoms with Crippen molar-refractivity contribution in [2.45, 2.75) is 31.6 Å². The van der Waals surface area contributed by atoms with Crippen LogP contribution in [0.1, 0.15) is 42.0 Å². The Bertz CT molecular complexity index is 1290. The number of ether oxygens (including phenoxy) is 2. The molecule has 0 saturated carbocycles. The molecule has 2 atom stereocenters. The van der Waals surface area contributed by atoms with Gasteiger partial charge in [0.1, 0.15) is 11.5 Å². The predicted octanol–water partition coefficient (Wildman–Crippen LogP) is 6.08. The van der Waals surface area contributed by atoms with E-state index in [4.69, 9.17) is 9.47 Å². The molecule has 0 spiro atoms. The predicted molar refractivity (Wildman–Crippen MR) is 132 cm³/mol. The Morgan fingerprint density at radius 2 is 1.79 bits per heavy atom. The molecule has 1 aromatic heterocycles. The van der Waals surface area contributed by atoms with Gasteiger partial charge in [-0.3, -0.25) is 4.79 Å². The van der Waals surface area contributed by atoms with E-state index in [0.29, 0.717) is 29.0 Å². The molecule has 2 heterocycles. The van der Waals surface area contributed by atoms with Crippen LogP contribution in [-0.4, -0.2) is 18.9 Å². The minimum Gasteiger partial charge on any atom is -0.466 e. The zero-order valence-electron chi connectivity index (χ0n) is 19.0. The number of thiophene rings is 1. The van der Waals surface area contributed by atoms with Gasteiger partial charge in [0.2, 0.25) is 0 Å². The van der Waals surface area contributed by atoms with E-state index in [1.807, 2.05) is 73.0 Å². The zero-order valence-corrected chi connectivity index (χ0v) is 19.9. The Hall–Kier alpha value is -3.64. The Labute approximate surface area is 202 Å². The number of para-hydroxylation sites is 1. The monoisotopic (exact) mass is 471 g/mol. The second-order valence-corrected chi connectivity index (χ2v) is 9.49.